The molecule has 12 heavy (non-hydrogen) atoms. The van der Waals surface area contributed by atoms with Crippen molar-refractivity contribution in [3.05, 3.63) is 12.2 Å². The quantitative estimate of drug-likeness (QED) is 0.704. The second kappa shape index (κ2) is 3.64. The van der Waals surface area contributed by atoms with Crippen LogP contribution in [0.2, 0.25) is 0 Å². The summed E-state index contributed by atoms with van der Waals surface area (Å²) in [5, 5.41) is 3.67. The number of nitrogens with two attached hydrogens (primary N) is 1. The predicted molar refractivity (Wildman–Crippen MR) is 42.3 cm³/mol. The van der Waals surface area contributed by atoms with E-state index in [1.54, 1.807) is 7.11 Å². The summed E-state index contributed by atoms with van der Waals surface area (Å²) in [6.45, 7) is 2.43. The van der Waals surface area contributed by atoms with Crippen molar-refractivity contribution in [1.82, 2.24) is 10.1 Å². The number of ether oxygens (including phenoxy) is 1. The molecule has 1 rings (SSSR count). The highest BCUT2D eigenvalue weighted by molar-refractivity contribution is 4.98. The molecule has 1 aromatic heterocycles. The lowest BCUT2D eigenvalue weighted by Crippen LogP contribution is -2.35. The maximum absolute atomic E-state index is 5.90. The van der Waals surface area contributed by atoms with E-state index in [1.807, 2.05) is 6.92 Å². The highest BCUT2D eigenvalue weighted by Crippen LogP contribution is 2.16. The largest absolute Gasteiger partial charge is 0.385 e. The fourth-order valence-corrected chi connectivity index (χ4v) is 0.848. The Kier molecular flexibility index (Phi) is 2.78. The number of aromatic nitrogens is 2. The van der Waals surface area contributed by atoms with Gasteiger partial charge in [0.05, 0.1) is 5.54 Å². The Morgan fingerprint density at radius 2 is 2.50 bits per heavy atom. The van der Waals surface area contributed by atoms with Gasteiger partial charge in [-0.1, -0.05) is 5.16 Å². The zero-order valence-corrected chi connectivity index (χ0v) is 7.28. The zero-order chi connectivity index (χ0) is 9.03. The van der Waals surface area contributed by atoms with E-state index >= 15 is 0 Å². The van der Waals surface area contributed by atoms with Crippen LogP contribution in [0.4, 0.5) is 0 Å². The lowest BCUT2D eigenvalue weighted by molar-refractivity contribution is 0.168. The third kappa shape index (κ3) is 2.02. The third-order valence-corrected chi connectivity index (χ3v) is 1.70. The summed E-state index contributed by atoms with van der Waals surface area (Å²) in [7, 11) is 1.63. The molecule has 68 valence electrons. The van der Waals surface area contributed by atoms with Gasteiger partial charge in [-0.15, -0.1) is 0 Å². The lowest BCUT2D eigenvalue weighted by atomic mass is 9.99. The standard InChI is InChI=1S/C7H13N3O2/c1-7(8,3-4-11-2)6-9-5-12-10-6/h5H,3-4,8H2,1-2H3. The van der Waals surface area contributed by atoms with Gasteiger partial charge in [-0.25, -0.2) is 0 Å². The van der Waals surface area contributed by atoms with E-state index in [4.69, 9.17) is 10.5 Å². The summed E-state index contributed by atoms with van der Waals surface area (Å²) in [5.74, 6) is 0.513. The van der Waals surface area contributed by atoms with Gasteiger partial charge in [0.2, 0.25) is 6.39 Å². The Hall–Kier alpha value is -0.940. The van der Waals surface area contributed by atoms with Crippen LogP contribution in [-0.2, 0) is 10.3 Å². The van der Waals surface area contributed by atoms with Gasteiger partial charge in [0.15, 0.2) is 5.82 Å². The molecule has 2 N–H and O–H groups in total. The average molecular weight is 171 g/mol. The number of hydrogen-bond acceptors (Lipinski definition) is 5. The van der Waals surface area contributed by atoms with Crippen molar-refractivity contribution in [2.24, 2.45) is 5.73 Å². The zero-order valence-electron chi connectivity index (χ0n) is 7.28. The monoisotopic (exact) mass is 171 g/mol. The molecule has 0 fully saturated rings. The first-order valence-corrected chi connectivity index (χ1v) is 3.71. The lowest BCUT2D eigenvalue weighted by Gasteiger charge is -2.19. The van der Waals surface area contributed by atoms with Crippen LogP contribution in [0.5, 0.6) is 0 Å². The fraction of sp³-hybridized carbons (Fsp3) is 0.714. The molecule has 1 heterocycles. The smallest absolute Gasteiger partial charge is 0.213 e. The van der Waals surface area contributed by atoms with E-state index < -0.39 is 5.54 Å². The van der Waals surface area contributed by atoms with Gasteiger partial charge in [-0.3, -0.25) is 0 Å². The third-order valence-electron chi connectivity index (χ3n) is 1.70. The molecule has 0 saturated heterocycles. The number of hydrogen-bond donors (Lipinski definition) is 1. The summed E-state index contributed by atoms with van der Waals surface area (Å²) >= 11 is 0. The molecule has 0 aliphatic rings. The van der Waals surface area contributed by atoms with Gasteiger partial charge in [0.25, 0.3) is 0 Å². The van der Waals surface area contributed by atoms with Crippen LogP contribution in [0.15, 0.2) is 10.9 Å². The highest BCUT2D eigenvalue weighted by Gasteiger charge is 2.25. The van der Waals surface area contributed by atoms with Crippen LogP contribution in [0.25, 0.3) is 0 Å². The number of rotatable bonds is 4. The van der Waals surface area contributed by atoms with E-state index in [0.717, 1.165) is 0 Å². The molecule has 1 unspecified atom stereocenters. The van der Waals surface area contributed by atoms with Crippen molar-refractivity contribution < 1.29 is 9.26 Å². The molecule has 0 spiro atoms. The van der Waals surface area contributed by atoms with Crippen molar-refractivity contribution >= 4 is 0 Å². The van der Waals surface area contributed by atoms with E-state index in [2.05, 4.69) is 14.7 Å². The molecule has 5 nitrogen and oxygen atoms in total. The Morgan fingerprint density at radius 1 is 1.75 bits per heavy atom. The minimum absolute atomic E-state index is 0.513. The number of nitrogens with zero attached hydrogens (tertiary/aromatic N) is 2. The predicted octanol–water partition coefficient (Wildman–Crippen LogP) is 0.280. The van der Waals surface area contributed by atoms with Gasteiger partial charge in [0, 0.05) is 13.7 Å². The molecule has 1 aromatic rings. The summed E-state index contributed by atoms with van der Waals surface area (Å²) in [4.78, 5) is 3.88. The first-order chi connectivity index (χ1) is 5.67. The van der Waals surface area contributed by atoms with E-state index in [9.17, 15) is 0 Å². The van der Waals surface area contributed by atoms with Crippen molar-refractivity contribution in [2.45, 2.75) is 18.9 Å². The molecule has 0 amide bonds. The molecular formula is C7H13N3O2. The van der Waals surface area contributed by atoms with Crippen LogP contribution in [0.3, 0.4) is 0 Å². The first-order valence-electron chi connectivity index (χ1n) is 3.71. The molecule has 0 radical (unpaired) electrons. The summed E-state index contributed by atoms with van der Waals surface area (Å²) in [6.07, 6.45) is 1.94. The SMILES string of the molecule is COCCC(C)(N)c1ncon1. The Bertz CT molecular complexity index is 221. The summed E-state index contributed by atoms with van der Waals surface area (Å²) < 4.78 is 9.51. The Morgan fingerprint density at radius 3 is 3.00 bits per heavy atom. The molecule has 0 bridgehead atoms. The molecule has 0 aliphatic carbocycles. The highest BCUT2D eigenvalue weighted by atomic mass is 16.5. The Labute approximate surface area is 70.9 Å². The van der Waals surface area contributed by atoms with Crippen LogP contribution in [0, 0.1) is 0 Å². The molecule has 0 aromatic carbocycles. The van der Waals surface area contributed by atoms with E-state index in [-0.39, 0.29) is 0 Å². The van der Waals surface area contributed by atoms with Crippen molar-refractivity contribution in [1.29, 1.82) is 0 Å². The minimum Gasteiger partial charge on any atom is -0.385 e. The molecule has 1 atom stereocenters. The maximum atomic E-state index is 5.90. The van der Waals surface area contributed by atoms with Crippen LogP contribution < -0.4 is 5.73 Å². The second-order valence-electron chi connectivity index (χ2n) is 2.92. The molecule has 5 heteroatoms. The van der Waals surface area contributed by atoms with Crippen LogP contribution in [0.1, 0.15) is 19.2 Å². The topological polar surface area (TPSA) is 74.2 Å². The van der Waals surface area contributed by atoms with Crippen molar-refractivity contribution in [3.63, 3.8) is 0 Å². The molecule has 0 aliphatic heterocycles. The van der Waals surface area contributed by atoms with Gasteiger partial charge in [0.1, 0.15) is 0 Å². The minimum atomic E-state index is -0.566. The van der Waals surface area contributed by atoms with Crippen LogP contribution in [-0.4, -0.2) is 23.9 Å². The van der Waals surface area contributed by atoms with Gasteiger partial charge < -0.3 is 15.0 Å². The fourth-order valence-electron chi connectivity index (χ4n) is 0.848. The van der Waals surface area contributed by atoms with Crippen molar-refractivity contribution in [2.75, 3.05) is 13.7 Å². The first kappa shape index (κ1) is 9.15. The number of methoxy groups -OCH3 is 1. The normalized spacial score (nSPS) is 15.9. The average Bonchev–Trinajstić information content (AvgIpc) is 2.53. The van der Waals surface area contributed by atoms with Gasteiger partial charge in [-0.05, 0) is 13.3 Å². The maximum Gasteiger partial charge on any atom is 0.213 e. The molecular weight excluding hydrogens is 158 g/mol. The summed E-state index contributed by atoms with van der Waals surface area (Å²) in [6, 6.07) is 0. The molecule has 0 saturated carbocycles. The van der Waals surface area contributed by atoms with E-state index in [1.165, 1.54) is 6.39 Å². The van der Waals surface area contributed by atoms with Gasteiger partial charge >= 0.3 is 0 Å². The summed E-state index contributed by atoms with van der Waals surface area (Å²) in [5.41, 5.74) is 5.34. The van der Waals surface area contributed by atoms with Gasteiger partial charge in [-0.2, -0.15) is 4.98 Å². The Balaban J connectivity index is 2.59. The van der Waals surface area contributed by atoms with E-state index in [0.29, 0.717) is 18.9 Å². The van der Waals surface area contributed by atoms with Crippen molar-refractivity contribution in [3.8, 4) is 0 Å². The van der Waals surface area contributed by atoms with Crippen LogP contribution >= 0.6 is 0 Å². The second-order valence-corrected chi connectivity index (χ2v) is 2.92.